The molecule has 15 nitrogen and oxygen atoms in total. The second kappa shape index (κ2) is 32.6. The molecule has 0 aromatic carbocycles. The van der Waals surface area contributed by atoms with Gasteiger partial charge >= 0.3 is 35.8 Å². The van der Waals surface area contributed by atoms with E-state index >= 15 is 0 Å². The van der Waals surface area contributed by atoms with Gasteiger partial charge in [-0.25, -0.2) is 0 Å². The van der Waals surface area contributed by atoms with Crippen LogP contribution in [0.3, 0.4) is 0 Å². The van der Waals surface area contributed by atoms with E-state index in [9.17, 15) is 28.8 Å². The Hall–Kier alpha value is -3.30. The number of hydrogen-bond acceptors (Lipinski definition) is 15. The van der Waals surface area contributed by atoms with Gasteiger partial charge in [-0.15, -0.1) is 0 Å². The van der Waals surface area contributed by atoms with Gasteiger partial charge in [0.2, 0.25) is 0 Å². The molecule has 14 bridgehead atoms. The highest BCUT2D eigenvalue weighted by molar-refractivity contribution is 5.77. The number of hydrogen-bond donors (Lipinski definition) is 0. The Morgan fingerprint density at radius 1 is 0.395 bits per heavy atom. The largest absolute Gasteiger partial charge is 0.462 e. The quantitative estimate of drug-likeness (QED) is 0.0457. The van der Waals surface area contributed by atoms with Crippen LogP contribution in [-0.2, 0) is 71.4 Å². The number of esters is 6. The Morgan fingerprint density at radius 3 is 0.988 bits per heavy atom. The topological polar surface area (TPSA) is 185 Å². The fourth-order valence-electron chi connectivity index (χ4n) is 18.5. The minimum atomic E-state index is -0.468. The molecule has 15 heteroatoms. The molecule has 0 saturated heterocycles. The molecular formula is C71H124O15. The van der Waals surface area contributed by atoms with E-state index in [0.717, 1.165) is 101 Å². The van der Waals surface area contributed by atoms with Crippen molar-refractivity contribution in [2.75, 3.05) is 27.0 Å². The molecule has 0 heterocycles. The second-order valence-electron chi connectivity index (χ2n) is 28.6. The van der Waals surface area contributed by atoms with Crippen LogP contribution in [0, 0.1) is 118 Å². The first-order valence-electron chi connectivity index (χ1n) is 32.3. The van der Waals surface area contributed by atoms with E-state index in [1.807, 2.05) is 55.4 Å². The fraction of sp³-hybridized carbons (Fsp3) is 0.915. The van der Waals surface area contributed by atoms with Gasteiger partial charge in [-0.05, 0) is 227 Å². The van der Waals surface area contributed by atoms with Gasteiger partial charge in [0.05, 0.1) is 47.2 Å². The van der Waals surface area contributed by atoms with E-state index in [1.54, 1.807) is 0 Å². The maximum atomic E-state index is 12.8. The van der Waals surface area contributed by atoms with Crippen molar-refractivity contribution >= 4 is 35.8 Å². The molecule has 0 N–H and O–H groups in total. The van der Waals surface area contributed by atoms with Crippen molar-refractivity contribution in [2.24, 2.45) is 118 Å². The van der Waals surface area contributed by atoms with Crippen LogP contribution in [0.25, 0.3) is 0 Å². The van der Waals surface area contributed by atoms with Gasteiger partial charge in [-0.2, -0.15) is 0 Å². The van der Waals surface area contributed by atoms with Crippen molar-refractivity contribution < 1.29 is 71.4 Å². The van der Waals surface area contributed by atoms with Crippen molar-refractivity contribution in [2.45, 2.75) is 272 Å². The summed E-state index contributed by atoms with van der Waals surface area (Å²) in [5, 5.41) is 0. The molecule has 14 aliphatic rings. The molecule has 0 amide bonds. The van der Waals surface area contributed by atoms with E-state index in [1.165, 1.54) is 64.2 Å². The van der Waals surface area contributed by atoms with E-state index in [0.29, 0.717) is 54.1 Å². The lowest BCUT2D eigenvalue weighted by Gasteiger charge is -2.53. The van der Waals surface area contributed by atoms with E-state index in [-0.39, 0.29) is 173 Å². The highest BCUT2D eigenvalue weighted by atomic mass is 16.7. The summed E-state index contributed by atoms with van der Waals surface area (Å²) in [6, 6.07) is 0. The summed E-state index contributed by atoms with van der Waals surface area (Å²) in [4.78, 5) is 74.3. The molecule has 498 valence electrons. The molecule has 14 fully saturated rings. The Balaban J connectivity index is 0.000000271. The zero-order valence-corrected chi connectivity index (χ0v) is 49.9. The lowest BCUT2D eigenvalue weighted by atomic mass is 9.55. The predicted octanol–water partition coefficient (Wildman–Crippen LogP) is 15.4. The van der Waals surface area contributed by atoms with Crippen LogP contribution in [0.4, 0.5) is 0 Å². The number of ether oxygens (including phenoxy) is 9. The third kappa shape index (κ3) is 16.8. The van der Waals surface area contributed by atoms with Gasteiger partial charge in [0, 0.05) is 24.4 Å². The van der Waals surface area contributed by atoms with Gasteiger partial charge < -0.3 is 42.6 Å². The normalized spacial score (nSPS) is 38.4. The zero-order valence-electron chi connectivity index (χ0n) is 49.9. The molecule has 14 atom stereocenters. The maximum absolute atomic E-state index is 12.8. The smallest absolute Gasteiger partial charge is 0.311 e. The first-order valence-corrected chi connectivity index (χ1v) is 32.3. The molecule has 14 aliphatic carbocycles. The summed E-state index contributed by atoms with van der Waals surface area (Å²) in [6.07, 6.45) is 24.0. The third-order valence-corrected chi connectivity index (χ3v) is 23.1. The predicted molar refractivity (Wildman–Crippen MR) is 334 cm³/mol. The average Bonchev–Trinajstić information content (AvgIpc) is 1.46. The van der Waals surface area contributed by atoms with Crippen LogP contribution in [0.15, 0.2) is 0 Å². The van der Waals surface area contributed by atoms with Crippen molar-refractivity contribution in [3.63, 3.8) is 0 Å². The maximum Gasteiger partial charge on any atom is 0.311 e. The lowest BCUT2D eigenvalue weighted by molar-refractivity contribution is -0.193. The van der Waals surface area contributed by atoms with Crippen LogP contribution in [-0.4, -0.2) is 93.3 Å². The lowest BCUT2D eigenvalue weighted by Crippen LogP contribution is -2.49. The van der Waals surface area contributed by atoms with Crippen LogP contribution < -0.4 is 0 Å². The van der Waals surface area contributed by atoms with Crippen molar-refractivity contribution in [3.8, 4) is 0 Å². The standard InChI is InChI=1S/C25H38O5.C24H36O5.C16H26O5.6CH4/c1-4-25(2,3)24(27)30-21-12-16-10-19(21)20(11-16)23(26)29-13-28-22-17-6-14-5-15(8-17)9-18(22)7-14;1-3-13(2)23(25)29-21-11-16-9-19(21)20(10-16)24(26)28-12-27-22-17-5-14-4-15(7-17)8-18(22)6-14;1-4-10(3)15(17)21-14-8-11-6-12(14)13(7-11)16(18)20-9-19-5-2;;;;;;/h14-22H,4-13H2,1-3H3;13-22H,3-12H2,1-2H3;10-14H,4-9H2,1-3H3;6*1H4. The average molecular weight is 1220 g/mol. The molecule has 14 unspecified atom stereocenters. The third-order valence-electron chi connectivity index (χ3n) is 23.1. The van der Waals surface area contributed by atoms with Crippen molar-refractivity contribution in [3.05, 3.63) is 0 Å². The number of rotatable bonds is 21. The molecule has 0 aliphatic heterocycles. The van der Waals surface area contributed by atoms with E-state index in [4.69, 9.17) is 42.6 Å². The van der Waals surface area contributed by atoms with Gasteiger partial charge in [-0.1, -0.05) is 79.2 Å². The van der Waals surface area contributed by atoms with Crippen molar-refractivity contribution in [1.29, 1.82) is 0 Å². The van der Waals surface area contributed by atoms with Crippen molar-refractivity contribution in [1.82, 2.24) is 0 Å². The molecule has 14 rings (SSSR count). The summed E-state index contributed by atoms with van der Waals surface area (Å²) in [6.45, 7) is 16.2. The Bertz CT molecular complexity index is 2120. The van der Waals surface area contributed by atoms with E-state index < -0.39 is 5.41 Å². The van der Waals surface area contributed by atoms with Crippen LogP contribution in [0.2, 0.25) is 0 Å². The minimum Gasteiger partial charge on any atom is -0.462 e. The summed E-state index contributed by atoms with van der Waals surface area (Å²) in [5.74, 6) is 6.70. The monoisotopic (exact) mass is 1220 g/mol. The second-order valence-corrected chi connectivity index (χ2v) is 28.6. The first kappa shape index (κ1) is 75.2. The van der Waals surface area contributed by atoms with Gasteiger partial charge in [0.15, 0.2) is 20.4 Å². The van der Waals surface area contributed by atoms with E-state index in [2.05, 4.69) is 0 Å². The zero-order chi connectivity index (χ0) is 56.6. The highest BCUT2D eigenvalue weighted by Crippen LogP contribution is 2.57. The highest BCUT2D eigenvalue weighted by Gasteiger charge is 2.56. The Morgan fingerprint density at radius 2 is 0.698 bits per heavy atom. The molecule has 0 spiro atoms. The number of carbonyl (C=O) groups is 6. The molecule has 86 heavy (non-hydrogen) atoms. The molecule has 0 radical (unpaired) electrons. The number of carbonyl (C=O) groups excluding carboxylic acids is 6. The van der Waals surface area contributed by atoms with Gasteiger partial charge in [0.1, 0.15) is 18.3 Å². The first-order chi connectivity index (χ1) is 38.4. The summed E-state index contributed by atoms with van der Waals surface area (Å²) < 4.78 is 51.0. The van der Waals surface area contributed by atoms with Gasteiger partial charge in [-0.3, -0.25) is 28.8 Å². The van der Waals surface area contributed by atoms with Gasteiger partial charge in [0.25, 0.3) is 0 Å². The van der Waals surface area contributed by atoms with Crippen LogP contribution in [0.5, 0.6) is 0 Å². The summed E-state index contributed by atoms with van der Waals surface area (Å²) in [5.41, 5.74) is -0.468. The van der Waals surface area contributed by atoms with Crippen LogP contribution >= 0.6 is 0 Å². The Labute approximate surface area is 521 Å². The Kier molecular flexibility index (Phi) is 28.5. The molecule has 0 aromatic rings. The molecule has 0 aromatic heterocycles. The SMILES string of the molecule is C.C.C.C.C.C.CCC(C)(C)C(=O)OC1CC2CC(C(=O)OCOC3C4CC5CC(C4)CC3C5)C1C2.CCC(C)C(=O)OC1CC2CC(C(=O)OCOC3C4CC5CC(C4)CC3C5)C1C2.CCOCOC(=O)C1CC2CC(OC(=O)C(C)CC)C1C2. The van der Waals surface area contributed by atoms with Crippen LogP contribution in [0.1, 0.15) is 241 Å². The number of fused-ring (bicyclic) bond motifs is 6. The summed E-state index contributed by atoms with van der Waals surface area (Å²) >= 11 is 0. The molecule has 14 saturated carbocycles. The fourth-order valence-corrected chi connectivity index (χ4v) is 18.5. The molecular weight excluding hydrogens is 1090 g/mol. The minimum absolute atomic E-state index is 0. The summed E-state index contributed by atoms with van der Waals surface area (Å²) in [7, 11) is 0.